The van der Waals surface area contributed by atoms with Gasteiger partial charge >= 0.3 is 0 Å². The van der Waals surface area contributed by atoms with Gasteiger partial charge in [-0.3, -0.25) is 0 Å². The van der Waals surface area contributed by atoms with Crippen LogP contribution in [0.4, 0.5) is 0 Å². The predicted molar refractivity (Wildman–Crippen MR) is 78.4 cm³/mol. The summed E-state index contributed by atoms with van der Waals surface area (Å²) in [4.78, 5) is 0. The highest BCUT2D eigenvalue weighted by Crippen LogP contribution is 2.40. The molecule has 1 heterocycles. The van der Waals surface area contributed by atoms with Crippen LogP contribution in [-0.2, 0) is 4.74 Å². The maximum absolute atomic E-state index is 6.19. The molecule has 19 heavy (non-hydrogen) atoms. The third-order valence-electron chi connectivity index (χ3n) is 3.32. The molecule has 0 amide bonds. The SMILES string of the molecule is CCCC1CC(c2cccc(Cl)c2OC)=C(NC)O1. The lowest BCUT2D eigenvalue weighted by atomic mass is 9.99. The molecular formula is C15H20ClNO2. The van der Waals surface area contributed by atoms with E-state index in [0.29, 0.717) is 10.8 Å². The second kappa shape index (κ2) is 6.20. The topological polar surface area (TPSA) is 30.5 Å². The minimum atomic E-state index is 0.242. The predicted octanol–water partition coefficient (Wildman–Crippen LogP) is 3.83. The van der Waals surface area contributed by atoms with Crippen molar-refractivity contribution in [3.05, 3.63) is 34.7 Å². The molecule has 0 saturated heterocycles. The zero-order valence-electron chi connectivity index (χ0n) is 11.6. The third-order valence-corrected chi connectivity index (χ3v) is 3.62. The van der Waals surface area contributed by atoms with Crippen molar-refractivity contribution in [1.82, 2.24) is 5.32 Å². The lowest BCUT2D eigenvalue weighted by Gasteiger charge is -2.11. The van der Waals surface area contributed by atoms with E-state index in [1.807, 2.05) is 25.2 Å². The van der Waals surface area contributed by atoms with E-state index in [-0.39, 0.29) is 6.10 Å². The molecule has 0 bridgehead atoms. The highest BCUT2D eigenvalue weighted by atomic mass is 35.5. The van der Waals surface area contributed by atoms with Crippen molar-refractivity contribution in [2.75, 3.05) is 14.2 Å². The van der Waals surface area contributed by atoms with Crippen LogP contribution in [0.2, 0.25) is 5.02 Å². The third kappa shape index (κ3) is 2.81. The van der Waals surface area contributed by atoms with Gasteiger partial charge in [-0.15, -0.1) is 0 Å². The van der Waals surface area contributed by atoms with Gasteiger partial charge in [-0.1, -0.05) is 37.1 Å². The molecule has 4 heteroatoms. The highest BCUT2D eigenvalue weighted by Gasteiger charge is 2.27. The minimum Gasteiger partial charge on any atom is -0.495 e. The molecule has 1 aliphatic rings. The first-order valence-electron chi connectivity index (χ1n) is 6.61. The number of benzene rings is 1. The molecule has 2 rings (SSSR count). The Hall–Kier alpha value is -1.35. The van der Waals surface area contributed by atoms with Crippen LogP contribution in [0, 0.1) is 0 Å². The zero-order chi connectivity index (χ0) is 13.8. The Labute approximate surface area is 119 Å². The fraction of sp³-hybridized carbons (Fsp3) is 0.467. The van der Waals surface area contributed by atoms with E-state index in [1.165, 1.54) is 0 Å². The van der Waals surface area contributed by atoms with Gasteiger partial charge in [0.05, 0.1) is 12.1 Å². The van der Waals surface area contributed by atoms with Crippen molar-refractivity contribution in [3.63, 3.8) is 0 Å². The second-order valence-electron chi connectivity index (χ2n) is 4.61. The molecule has 3 nitrogen and oxygen atoms in total. The van der Waals surface area contributed by atoms with Gasteiger partial charge in [0, 0.05) is 24.6 Å². The Kier molecular flexibility index (Phi) is 4.59. The van der Waals surface area contributed by atoms with E-state index < -0.39 is 0 Å². The Morgan fingerprint density at radius 3 is 2.89 bits per heavy atom. The summed E-state index contributed by atoms with van der Waals surface area (Å²) >= 11 is 6.19. The van der Waals surface area contributed by atoms with Crippen molar-refractivity contribution in [3.8, 4) is 5.75 Å². The normalized spacial score (nSPS) is 18.4. The molecule has 1 N–H and O–H groups in total. The maximum Gasteiger partial charge on any atom is 0.190 e. The summed E-state index contributed by atoms with van der Waals surface area (Å²) in [6.45, 7) is 2.17. The van der Waals surface area contributed by atoms with E-state index in [4.69, 9.17) is 21.1 Å². The zero-order valence-corrected chi connectivity index (χ0v) is 12.4. The Morgan fingerprint density at radius 1 is 1.47 bits per heavy atom. The van der Waals surface area contributed by atoms with Crippen LogP contribution >= 0.6 is 11.6 Å². The van der Waals surface area contributed by atoms with Crippen LogP contribution < -0.4 is 10.1 Å². The van der Waals surface area contributed by atoms with Crippen LogP contribution in [0.5, 0.6) is 5.75 Å². The second-order valence-corrected chi connectivity index (χ2v) is 5.02. The van der Waals surface area contributed by atoms with E-state index >= 15 is 0 Å². The molecule has 104 valence electrons. The van der Waals surface area contributed by atoms with Gasteiger partial charge in [0.15, 0.2) is 5.88 Å². The van der Waals surface area contributed by atoms with Gasteiger partial charge in [0.25, 0.3) is 0 Å². The molecular weight excluding hydrogens is 262 g/mol. The first kappa shape index (κ1) is 14.1. The number of para-hydroxylation sites is 1. The van der Waals surface area contributed by atoms with Crippen LogP contribution in [0.3, 0.4) is 0 Å². The lowest BCUT2D eigenvalue weighted by Crippen LogP contribution is -2.11. The number of ether oxygens (including phenoxy) is 2. The highest BCUT2D eigenvalue weighted by molar-refractivity contribution is 6.32. The van der Waals surface area contributed by atoms with Gasteiger partial charge in [-0.2, -0.15) is 0 Å². The number of methoxy groups -OCH3 is 1. The van der Waals surface area contributed by atoms with Crippen molar-refractivity contribution in [1.29, 1.82) is 0 Å². The fourth-order valence-electron chi connectivity index (χ4n) is 2.48. The molecule has 1 aromatic rings. The Morgan fingerprint density at radius 2 is 2.26 bits per heavy atom. The summed E-state index contributed by atoms with van der Waals surface area (Å²) in [7, 11) is 3.52. The molecule has 1 unspecified atom stereocenters. The maximum atomic E-state index is 6.19. The molecule has 1 aromatic carbocycles. The molecule has 0 aliphatic carbocycles. The number of rotatable bonds is 5. The Balaban J connectivity index is 2.37. The van der Waals surface area contributed by atoms with Crippen molar-refractivity contribution in [2.24, 2.45) is 0 Å². The molecule has 1 aliphatic heterocycles. The molecule has 1 atom stereocenters. The fourth-order valence-corrected chi connectivity index (χ4v) is 2.73. The van der Waals surface area contributed by atoms with Gasteiger partial charge < -0.3 is 14.8 Å². The average Bonchev–Trinajstić information content (AvgIpc) is 2.82. The standard InChI is InChI=1S/C15H20ClNO2/c1-4-6-10-9-12(15(17-2)19-10)11-7-5-8-13(16)14(11)18-3/h5,7-8,10,17H,4,6,9H2,1-3H3. The number of hydrogen-bond donors (Lipinski definition) is 1. The number of halogens is 1. The first-order chi connectivity index (χ1) is 9.21. The summed E-state index contributed by atoms with van der Waals surface area (Å²) in [5.41, 5.74) is 2.15. The quantitative estimate of drug-likeness (QED) is 0.890. The lowest BCUT2D eigenvalue weighted by molar-refractivity contribution is 0.123. The van der Waals surface area contributed by atoms with Crippen molar-refractivity contribution < 1.29 is 9.47 Å². The van der Waals surface area contributed by atoms with E-state index in [2.05, 4.69) is 12.2 Å². The van der Waals surface area contributed by atoms with Crippen LogP contribution in [0.1, 0.15) is 31.7 Å². The van der Waals surface area contributed by atoms with Gasteiger partial charge in [-0.05, 0) is 12.5 Å². The summed E-state index contributed by atoms with van der Waals surface area (Å²) < 4.78 is 11.4. The van der Waals surface area contributed by atoms with E-state index in [9.17, 15) is 0 Å². The molecule has 0 aromatic heterocycles. The van der Waals surface area contributed by atoms with Gasteiger partial charge in [0.1, 0.15) is 11.9 Å². The van der Waals surface area contributed by atoms with Crippen LogP contribution in [0.15, 0.2) is 24.1 Å². The summed E-state index contributed by atoms with van der Waals surface area (Å²) in [6, 6.07) is 5.80. The van der Waals surface area contributed by atoms with E-state index in [1.54, 1.807) is 7.11 Å². The largest absolute Gasteiger partial charge is 0.495 e. The smallest absolute Gasteiger partial charge is 0.190 e. The minimum absolute atomic E-state index is 0.242. The van der Waals surface area contributed by atoms with E-state index in [0.717, 1.165) is 36.3 Å². The van der Waals surface area contributed by atoms with Crippen molar-refractivity contribution >= 4 is 17.2 Å². The summed E-state index contributed by atoms with van der Waals surface area (Å²) in [5.74, 6) is 1.55. The van der Waals surface area contributed by atoms with Crippen LogP contribution in [-0.4, -0.2) is 20.3 Å². The van der Waals surface area contributed by atoms with Gasteiger partial charge in [-0.25, -0.2) is 0 Å². The number of nitrogens with one attached hydrogen (secondary N) is 1. The summed E-state index contributed by atoms with van der Waals surface area (Å²) in [5, 5.41) is 3.76. The van der Waals surface area contributed by atoms with Gasteiger partial charge in [0.2, 0.25) is 0 Å². The monoisotopic (exact) mass is 281 g/mol. The molecule has 0 spiro atoms. The Bertz CT molecular complexity index is 485. The average molecular weight is 282 g/mol. The summed E-state index contributed by atoms with van der Waals surface area (Å²) in [6.07, 6.45) is 3.30. The number of hydrogen-bond acceptors (Lipinski definition) is 3. The first-order valence-corrected chi connectivity index (χ1v) is 6.99. The molecule has 0 radical (unpaired) electrons. The molecule has 0 fully saturated rings. The molecule has 0 saturated carbocycles. The van der Waals surface area contributed by atoms with Crippen molar-refractivity contribution in [2.45, 2.75) is 32.3 Å². The van der Waals surface area contributed by atoms with Crippen LogP contribution in [0.25, 0.3) is 5.57 Å².